The Morgan fingerprint density at radius 2 is 1.61 bits per heavy atom. The molecule has 3 rings (SSSR count). The van der Waals surface area contributed by atoms with Crippen molar-refractivity contribution in [1.82, 2.24) is 10.2 Å². The normalized spacial score (nSPS) is 17.2. The lowest BCUT2D eigenvalue weighted by Crippen LogP contribution is -2.46. The highest BCUT2D eigenvalue weighted by Crippen LogP contribution is 2.22. The summed E-state index contributed by atoms with van der Waals surface area (Å²) in [5, 5.41) is 12.2. The molecule has 1 heterocycles. The number of aliphatic carboxylic acids is 1. The summed E-state index contributed by atoms with van der Waals surface area (Å²) in [7, 11) is 0. The molecular formula is C26H30N2O5. The summed E-state index contributed by atoms with van der Waals surface area (Å²) >= 11 is 0. The number of carboxylic acid groups (broad SMARTS) is 1. The van der Waals surface area contributed by atoms with Crippen LogP contribution in [0.2, 0.25) is 0 Å². The summed E-state index contributed by atoms with van der Waals surface area (Å²) < 4.78 is 0. The Hall–Kier alpha value is -3.48. The molecule has 2 aromatic carbocycles. The van der Waals surface area contributed by atoms with E-state index in [1.165, 1.54) is 4.90 Å². The lowest BCUT2D eigenvalue weighted by atomic mass is 9.94. The van der Waals surface area contributed by atoms with Crippen molar-refractivity contribution in [2.75, 3.05) is 6.54 Å². The number of nitrogens with one attached hydrogen (secondary N) is 1. The summed E-state index contributed by atoms with van der Waals surface area (Å²) in [5.74, 6) is -2.52. The summed E-state index contributed by atoms with van der Waals surface area (Å²) in [4.78, 5) is 51.5. The van der Waals surface area contributed by atoms with Crippen molar-refractivity contribution in [3.8, 4) is 0 Å². The molecule has 174 valence electrons. The lowest BCUT2D eigenvalue weighted by Gasteiger charge is -2.26. The van der Waals surface area contributed by atoms with Crippen LogP contribution in [-0.4, -0.2) is 52.2 Å². The highest BCUT2D eigenvalue weighted by Gasteiger charge is 2.37. The van der Waals surface area contributed by atoms with E-state index < -0.39 is 24.0 Å². The van der Waals surface area contributed by atoms with Crippen molar-refractivity contribution in [3.05, 3.63) is 71.8 Å². The van der Waals surface area contributed by atoms with Gasteiger partial charge in [-0.1, -0.05) is 67.6 Å². The van der Waals surface area contributed by atoms with Gasteiger partial charge in [0.05, 0.1) is 12.5 Å². The number of hydrogen-bond donors (Lipinski definition) is 2. The summed E-state index contributed by atoms with van der Waals surface area (Å²) in [6, 6.07) is 17.1. The van der Waals surface area contributed by atoms with Crippen LogP contribution in [0.1, 0.15) is 37.3 Å². The number of carbonyl (C=O) groups excluding carboxylic acids is 3. The Labute approximate surface area is 193 Å². The van der Waals surface area contributed by atoms with Crippen LogP contribution in [0.15, 0.2) is 60.7 Å². The van der Waals surface area contributed by atoms with Gasteiger partial charge < -0.3 is 15.3 Å². The van der Waals surface area contributed by atoms with Gasteiger partial charge in [0.25, 0.3) is 0 Å². The predicted octanol–water partition coefficient (Wildman–Crippen LogP) is 2.63. The first-order chi connectivity index (χ1) is 15.8. The SMILES string of the molecule is CC(CC(=O)C(Cc1ccccc1)NC(=O)Cc1ccccc1)C(=O)N1CCC[C@H]1C(=O)O. The van der Waals surface area contributed by atoms with E-state index in [-0.39, 0.29) is 30.4 Å². The first-order valence-electron chi connectivity index (χ1n) is 11.3. The molecule has 1 fully saturated rings. The molecule has 1 aliphatic heterocycles. The molecule has 2 amide bonds. The van der Waals surface area contributed by atoms with Gasteiger partial charge in [-0.3, -0.25) is 14.4 Å². The van der Waals surface area contributed by atoms with Crippen LogP contribution in [0, 0.1) is 5.92 Å². The molecule has 7 nitrogen and oxygen atoms in total. The fourth-order valence-electron chi connectivity index (χ4n) is 4.22. The molecule has 0 saturated carbocycles. The third-order valence-electron chi connectivity index (χ3n) is 5.96. The number of carbonyl (C=O) groups is 4. The van der Waals surface area contributed by atoms with E-state index in [2.05, 4.69) is 5.32 Å². The quantitative estimate of drug-likeness (QED) is 0.579. The summed E-state index contributed by atoms with van der Waals surface area (Å²) in [6.07, 6.45) is 1.47. The smallest absolute Gasteiger partial charge is 0.326 e. The van der Waals surface area contributed by atoms with Crippen molar-refractivity contribution in [2.45, 2.75) is 51.1 Å². The molecule has 1 saturated heterocycles. The fraction of sp³-hybridized carbons (Fsp3) is 0.385. The number of amides is 2. The fourth-order valence-corrected chi connectivity index (χ4v) is 4.22. The van der Waals surface area contributed by atoms with Crippen LogP contribution in [0.4, 0.5) is 0 Å². The average molecular weight is 451 g/mol. The van der Waals surface area contributed by atoms with Crippen LogP contribution in [0.3, 0.4) is 0 Å². The maximum atomic E-state index is 13.2. The molecule has 0 radical (unpaired) electrons. The van der Waals surface area contributed by atoms with Gasteiger partial charge in [0, 0.05) is 18.9 Å². The maximum Gasteiger partial charge on any atom is 0.326 e. The average Bonchev–Trinajstić information content (AvgIpc) is 3.29. The largest absolute Gasteiger partial charge is 0.480 e. The van der Waals surface area contributed by atoms with E-state index in [0.717, 1.165) is 11.1 Å². The van der Waals surface area contributed by atoms with E-state index >= 15 is 0 Å². The molecule has 0 spiro atoms. The highest BCUT2D eigenvalue weighted by atomic mass is 16.4. The molecule has 2 unspecified atom stereocenters. The Kier molecular flexibility index (Phi) is 8.35. The molecule has 1 aliphatic rings. The third-order valence-corrected chi connectivity index (χ3v) is 5.96. The molecule has 3 atom stereocenters. The Balaban J connectivity index is 1.68. The van der Waals surface area contributed by atoms with E-state index in [1.807, 2.05) is 60.7 Å². The van der Waals surface area contributed by atoms with Crippen LogP contribution in [-0.2, 0) is 32.0 Å². The van der Waals surface area contributed by atoms with Crippen molar-refractivity contribution in [3.63, 3.8) is 0 Å². The minimum absolute atomic E-state index is 0.0647. The standard InChI is InChI=1S/C26H30N2O5/c1-18(25(31)28-14-8-13-22(28)26(32)33)15-23(29)21(16-19-9-4-2-5-10-19)27-24(30)17-20-11-6-3-7-12-20/h2-7,9-12,18,21-22H,8,13-17H2,1H3,(H,27,30)(H,32,33)/t18?,21?,22-/m0/s1. The van der Waals surface area contributed by atoms with Crippen LogP contribution in [0.5, 0.6) is 0 Å². The number of carboxylic acids is 1. The molecule has 0 aliphatic carbocycles. The van der Waals surface area contributed by atoms with Gasteiger partial charge in [-0.05, 0) is 30.4 Å². The number of hydrogen-bond acceptors (Lipinski definition) is 4. The zero-order valence-corrected chi connectivity index (χ0v) is 18.8. The lowest BCUT2D eigenvalue weighted by molar-refractivity contribution is -0.150. The predicted molar refractivity (Wildman–Crippen MR) is 123 cm³/mol. The monoisotopic (exact) mass is 450 g/mol. The van der Waals surface area contributed by atoms with E-state index in [9.17, 15) is 24.3 Å². The molecule has 0 bridgehead atoms. The Morgan fingerprint density at radius 3 is 2.21 bits per heavy atom. The molecular weight excluding hydrogens is 420 g/mol. The van der Waals surface area contributed by atoms with Crippen LogP contribution < -0.4 is 5.32 Å². The maximum absolute atomic E-state index is 13.2. The third kappa shape index (κ3) is 6.75. The molecule has 7 heteroatoms. The second kappa shape index (κ2) is 11.4. The number of ketones is 1. The van der Waals surface area contributed by atoms with Crippen molar-refractivity contribution < 1.29 is 24.3 Å². The van der Waals surface area contributed by atoms with Gasteiger partial charge in [-0.15, -0.1) is 0 Å². The van der Waals surface area contributed by atoms with Gasteiger partial charge in [0.15, 0.2) is 5.78 Å². The number of nitrogens with zero attached hydrogens (tertiary/aromatic N) is 1. The first kappa shape index (κ1) is 24.2. The van der Waals surface area contributed by atoms with Crippen LogP contribution in [0.25, 0.3) is 0 Å². The van der Waals surface area contributed by atoms with Gasteiger partial charge in [0.1, 0.15) is 6.04 Å². The van der Waals surface area contributed by atoms with E-state index in [1.54, 1.807) is 6.92 Å². The summed E-state index contributed by atoms with van der Waals surface area (Å²) in [5.41, 5.74) is 1.75. The van der Waals surface area contributed by atoms with Crippen LogP contribution >= 0.6 is 0 Å². The van der Waals surface area contributed by atoms with Crippen molar-refractivity contribution >= 4 is 23.6 Å². The summed E-state index contributed by atoms with van der Waals surface area (Å²) in [6.45, 7) is 2.03. The van der Waals surface area contributed by atoms with E-state index in [0.29, 0.717) is 25.8 Å². The van der Waals surface area contributed by atoms with Gasteiger partial charge >= 0.3 is 5.97 Å². The van der Waals surface area contributed by atoms with Gasteiger partial charge in [0.2, 0.25) is 11.8 Å². The molecule has 0 aromatic heterocycles. The topological polar surface area (TPSA) is 104 Å². The zero-order chi connectivity index (χ0) is 23.8. The minimum atomic E-state index is -1.02. The van der Waals surface area contributed by atoms with E-state index in [4.69, 9.17) is 0 Å². The zero-order valence-electron chi connectivity index (χ0n) is 18.8. The second-order valence-corrected chi connectivity index (χ2v) is 8.57. The Bertz CT molecular complexity index is 977. The highest BCUT2D eigenvalue weighted by molar-refractivity contribution is 5.94. The minimum Gasteiger partial charge on any atom is -0.480 e. The molecule has 2 aromatic rings. The number of rotatable bonds is 10. The van der Waals surface area contributed by atoms with Gasteiger partial charge in [-0.2, -0.15) is 0 Å². The molecule has 33 heavy (non-hydrogen) atoms. The number of likely N-dealkylation sites (tertiary alicyclic amines) is 1. The molecule has 2 N–H and O–H groups in total. The number of benzene rings is 2. The van der Waals surface area contributed by atoms with Crippen molar-refractivity contribution in [2.24, 2.45) is 5.92 Å². The van der Waals surface area contributed by atoms with Crippen molar-refractivity contribution in [1.29, 1.82) is 0 Å². The first-order valence-corrected chi connectivity index (χ1v) is 11.3. The second-order valence-electron chi connectivity index (χ2n) is 8.57. The number of Topliss-reactive ketones (excluding diaryl/α,β-unsaturated/α-hetero) is 1. The Morgan fingerprint density at radius 1 is 1.00 bits per heavy atom. The van der Waals surface area contributed by atoms with Gasteiger partial charge in [-0.25, -0.2) is 4.79 Å².